The second-order valence-corrected chi connectivity index (χ2v) is 8.45. The summed E-state index contributed by atoms with van der Waals surface area (Å²) in [4.78, 5) is 23.9. The Balaban J connectivity index is 1.67. The number of ether oxygens (including phenoxy) is 1. The molecule has 1 saturated heterocycles. The fourth-order valence-corrected chi connectivity index (χ4v) is 3.44. The second kappa shape index (κ2) is 8.17. The number of rotatable bonds is 4. The van der Waals surface area contributed by atoms with Crippen molar-refractivity contribution in [2.24, 2.45) is 5.92 Å². The Bertz CT molecular complexity index is 827. The zero-order chi connectivity index (χ0) is 20.3. The summed E-state index contributed by atoms with van der Waals surface area (Å²) in [5, 5.41) is 3.07. The lowest BCUT2D eigenvalue weighted by molar-refractivity contribution is -0.120. The van der Waals surface area contributed by atoms with Crippen molar-refractivity contribution < 1.29 is 9.53 Å². The number of carbonyl (C=O) groups is 1. The first-order chi connectivity index (χ1) is 13.3. The average molecular weight is 383 g/mol. The molecule has 1 atom stereocenters. The van der Waals surface area contributed by atoms with Crippen LogP contribution in [0.1, 0.15) is 44.9 Å². The van der Waals surface area contributed by atoms with Gasteiger partial charge in [-0.05, 0) is 42.9 Å². The normalized spacial score (nSPS) is 17.3. The highest BCUT2D eigenvalue weighted by atomic mass is 16.5. The lowest BCUT2D eigenvalue weighted by atomic mass is 9.87. The zero-order valence-corrected chi connectivity index (χ0v) is 17.5. The third-order valence-corrected chi connectivity index (χ3v) is 5.12. The van der Waals surface area contributed by atoms with Crippen LogP contribution in [-0.4, -0.2) is 36.1 Å². The maximum atomic E-state index is 12.8. The molecule has 3 rings (SSSR count). The monoisotopic (exact) mass is 382 g/mol. The minimum atomic E-state index is -0.0915. The summed E-state index contributed by atoms with van der Waals surface area (Å²) in [6.45, 7) is 9.91. The lowest BCUT2D eigenvalue weighted by Crippen LogP contribution is -2.41. The van der Waals surface area contributed by atoms with Gasteiger partial charge in [0.05, 0.1) is 13.0 Å². The van der Waals surface area contributed by atoms with Crippen molar-refractivity contribution in [1.82, 2.24) is 9.97 Å². The van der Waals surface area contributed by atoms with Gasteiger partial charge >= 0.3 is 0 Å². The van der Waals surface area contributed by atoms with E-state index in [-0.39, 0.29) is 17.2 Å². The molecule has 150 valence electrons. The molecule has 1 aliphatic heterocycles. The third kappa shape index (κ3) is 4.80. The van der Waals surface area contributed by atoms with Crippen molar-refractivity contribution in [1.29, 1.82) is 0 Å². The standard InChI is InChI=1S/C22H30N4O2/c1-15-13-19(28-5)25-21(23-15)26-12-6-7-16(14-26)20(27)24-18-10-8-17(9-11-18)22(2,3)4/h8-11,13,16H,6-7,12,14H2,1-5H3,(H,24,27)/t16-/m1/s1. The van der Waals surface area contributed by atoms with Gasteiger partial charge in [-0.1, -0.05) is 32.9 Å². The molecule has 1 N–H and O–H groups in total. The summed E-state index contributed by atoms with van der Waals surface area (Å²) in [5.74, 6) is 1.14. The Morgan fingerprint density at radius 3 is 2.57 bits per heavy atom. The maximum absolute atomic E-state index is 12.8. The molecule has 2 heterocycles. The Morgan fingerprint density at radius 2 is 1.93 bits per heavy atom. The number of piperidine rings is 1. The van der Waals surface area contributed by atoms with E-state index in [0.717, 1.165) is 30.8 Å². The molecule has 0 aliphatic carbocycles. The van der Waals surface area contributed by atoms with Crippen LogP contribution in [0.5, 0.6) is 5.88 Å². The summed E-state index contributed by atoms with van der Waals surface area (Å²) < 4.78 is 5.26. The van der Waals surface area contributed by atoms with Gasteiger partial charge in [-0.3, -0.25) is 4.79 Å². The minimum absolute atomic E-state index is 0.0489. The van der Waals surface area contributed by atoms with Crippen LogP contribution in [0.25, 0.3) is 0 Å². The largest absolute Gasteiger partial charge is 0.481 e. The quantitative estimate of drug-likeness (QED) is 0.867. The van der Waals surface area contributed by atoms with Gasteiger partial charge in [0.15, 0.2) is 0 Å². The Hall–Kier alpha value is -2.63. The molecule has 0 unspecified atom stereocenters. The van der Waals surface area contributed by atoms with Crippen LogP contribution in [0.2, 0.25) is 0 Å². The molecule has 1 fully saturated rings. The number of nitrogens with one attached hydrogen (secondary N) is 1. The molecule has 0 saturated carbocycles. The van der Waals surface area contributed by atoms with Crippen LogP contribution in [0.15, 0.2) is 30.3 Å². The molecule has 6 nitrogen and oxygen atoms in total. The van der Waals surface area contributed by atoms with E-state index in [1.54, 1.807) is 13.2 Å². The van der Waals surface area contributed by atoms with Crippen molar-refractivity contribution in [3.63, 3.8) is 0 Å². The van der Waals surface area contributed by atoms with Crippen LogP contribution in [-0.2, 0) is 10.2 Å². The van der Waals surface area contributed by atoms with E-state index in [9.17, 15) is 4.79 Å². The Labute approximate surface area is 167 Å². The molecule has 28 heavy (non-hydrogen) atoms. The van der Waals surface area contributed by atoms with Gasteiger partial charge in [-0.25, -0.2) is 4.98 Å². The van der Waals surface area contributed by atoms with Gasteiger partial charge in [-0.15, -0.1) is 0 Å². The smallest absolute Gasteiger partial charge is 0.229 e. The average Bonchev–Trinajstić information content (AvgIpc) is 2.67. The molecule has 1 aromatic carbocycles. The number of aryl methyl sites for hydroxylation is 1. The van der Waals surface area contributed by atoms with Gasteiger partial charge < -0.3 is 15.0 Å². The van der Waals surface area contributed by atoms with Crippen LogP contribution in [0.3, 0.4) is 0 Å². The number of hydrogen-bond acceptors (Lipinski definition) is 5. The first-order valence-corrected chi connectivity index (χ1v) is 9.82. The summed E-state index contributed by atoms with van der Waals surface area (Å²) >= 11 is 0. The molecule has 1 aliphatic rings. The molecule has 1 amide bonds. The van der Waals surface area contributed by atoms with Crippen molar-refractivity contribution in [2.45, 2.75) is 46.0 Å². The van der Waals surface area contributed by atoms with Gasteiger partial charge in [0.1, 0.15) is 0 Å². The number of carbonyl (C=O) groups excluding carboxylic acids is 1. The molecule has 6 heteroatoms. The van der Waals surface area contributed by atoms with Crippen LogP contribution >= 0.6 is 0 Å². The first-order valence-electron chi connectivity index (χ1n) is 9.82. The van der Waals surface area contributed by atoms with Gasteiger partial charge in [-0.2, -0.15) is 4.98 Å². The Kier molecular flexibility index (Phi) is 5.87. The van der Waals surface area contributed by atoms with E-state index >= 15 is 0 Å². The fourth-order valence-electron chi connectivity index (χ4n) is 3.44. The topological polar surface area (TPSA) is 67.3 Å². The molecular weight excluding hydrogens is 352 g/mol. The lowest BCUT2D eigenvalue weighted by Gasteiger charge is -2.32. The highest BCUT2D eigenvalue weighted by Crippen LogP contribution is 2.26. The number of benzene rings is 1. The number of methoxy groups -OCH3 is 1. The van der Waals surface area contributed by atoms with Crippen molar-refractivity contribution >= 4 is 17.5 Å². The molecule has 0 radical (unpaired) electrons. The molecule has 1 aromatic heterocycles. The molecule has 0 bridgehead atoms. The molecular formula is C22H30N4O2. The van der Waals surface area contributed by atoms with E-state index in [1.807, 2.05) is 19.1 Å². The summed E-state index contributed by atoms with van der Waals surface area (Å²) in [5.41, 5.74) is 3.04. The first kappa shape index (κ1) is 20.1. The minimum Gasteiger partial charge on any atom is -0.481 e. The highest BCUT2D eigenvalue weighted by Gasteiger charge is 2.27. The van der Waals surface area contributed by atoms with Crippen LogP contribution in [0, 0.1) is 12.8 Å². The van der Waals surface area contributed by atoms with Crippen molar-refractivity contribution in [3.8, 4) is 5.88 Å². The van der Waals surface area contributed by atoms with Crippen molar-refractivity contribution in [3.05, 3.63) is 41.6 Å². The second-order valence-electron chi connectivity index (χ2n) is 8.45. The number of anilines is 2. The summed E-state index contributed by atoms with van der Waals surface area (Å²) in [6, 6.07) is 9.92. The summed E-state index contributed by atoms with van der Waals surface area (Å²) in [7, 11) is 1.60. The van der Waals surface area contributed by atoms with E-state index in [4.69, 9.17) is 4.74 Å². The van der Waals surface area contributed by atoms with E-state index < -0.39 is 0 Å². The summed E-state index contributed by atoms with van der Waals surface area (Å²) in [6.07, 6.45) is 1.80. The number of amides is 1. The number of hydrogen-bond donors (Lipinski definition) is 1. The molecule has 0 spiro atoms. The maximum Gasteiger partial charge on any atom is 0.229 e. The van der Waals surface area contributed by atoms with Crippen LogP contribution in [0.4, 0.5) is 11.6 Å². The SMILES string of the molecule is COc1cc(C)nc(N2CCC[C@@H](C(=O)Nc3ccc(C(C)(C)C)cc3)C2)n1. The van der Waals surface area contributed by atoms with Crippen LogP contribution < -0.4 is 15.0 Å². The fraction of sp³-hybridized carbons (Fsp3) is 0.500. The van der Waals surface area contributed by atoms with Gasteiger partial charge in [0.2, 0.25) is 17.7 Å². The van der Waals surface area contributed by atoms with Crippen molar-refractivity contribution in [2.75, 3.05) is 30.4 Å². The molecule has 2 aromatic rings. The van der Waals surface area contributed by atoms with E-state index in [0.29, 0.717) is 18.4 Å². The zero-order valence-electron chi connectivity index (χ0n) is 17.5. The van der Waals surface area contributed by atoms with Gasteiger partial charge in [0, 0.05) is 30.5 Å². The number of nitrogens with zero attached hydrogens (tertiary/aromatic N) is 3. The highest BCUT2D eigenvalue weighted by molar-refractivity contribution is 5.93. The van der Waals surface area contributed by atoms with E-state index in [2.05, 4.69) is 53.1 Å². The van der Waals surface area contributed by atoms with Gasteiger partial charge in [0.25, 0.3) is 0 Å². The Morgan fingerprint density at radius 1 is 1.21 bits per heavy atom. The third-order valence-electron chi connectivity index (χ3n) is 5.12. The number of aromatic nitrogens is 2. The predicted octanol–water partition coefficient (Wildman–Crippen LogP) is 3.95. The van der Waals surface area contributed by atoms with E-state index in [1.165, 1.54) is 5.56 Å². The predicted molar refractivity (Wildman–Crippen MR) is 112 cm³/mol.